The van der Waals surface area contributed by atoms with E-state index in [9.17, 15) is 0 Å². The lowest BCUT2D eigenvalue weighted by Gasteiger charge is -2.13. The van der Waals surface area contributed by atoms with Crippen LogP contribution in [0.4, 0.5) is 0 Å². The van der Waals surface area contributed by atoms with Crippen LogP contribution in [0.2, 0.25) is 0 Å². The molecule has 0 aliphatic rings. The van der Waals surface area contributed by atoms with E-state index in [1.54, 1.807) is 0 Å². The Bertz CT molecular complexity index is 410. The highest BCUT2D eigenvalue weighted by molar-refractivity contribution is 5.55. The minimum absolute atomic E-state index is 0.555. The third kappa shape index (κ3) is 6.25. The van der Waals surface area contributed by atoms with E-state index in [4.69, 9.17) is 4.74 Å². The summed E-state index contributed by atoms with van der Waals surface area (Å²) < 4.78 is 5.69. The topological polar surface area (TPSA) is 21.3 Å². The average molecular weight is 275 g/mol. The Labute approximate surface area is 124 Å². The fourth-order valence-corrected chi connectivity index (χ4v) is 1.96. The Hall–Kier alpha value is -1.28. The Balaban J connectivity index is 2.76. The molecule has 2 heteroatoms. The summed E-state index contributed by atoms with van der Waals surface area (Å²) in [6, 6.07) is 8.35. The Morgan fingerprint density at radius 2 is 2.05 bits per heavy atom. The van der Waals surface area contributed by atoms with Crippen LogP contribution in [0, 0.1) is 5.92 Å². The number of rotatable bonds is 9. The zero-order valence-corrected chi connectivity index (χ0v) is 13.4. The first-order valence-corrected chi connectivity index (χ1v) is 7.81. The molecule has 0 atom stereocenters. The van der Waals surface area contributed by atoms with Crippen LogP contribution in [0.3, 0.4) is 0 Å². The van der Waals surface area contributed by atoms with Crippen LogP contribution in [-0.2, 0) is 0 Å². The molecular formula is C18H29NO. The second kappa shape index (κ2) is 9.60. The molecule has 0 unspecified atom stereocenters. The van der Waals surface area contributed by atoms with E-state index in [-0.39, 0.29) is 0 Å². The van der Waals surface area contributed by atoms with Gasteiger partial charge in [-0.15, -0.1) is 0 Å². The van der Waals surface area contributed by atoms with Crippen molar-refractivity contribution in [2.75, 3.05) is 19.7 Å². The first kappa shape index (κ1) is 16.8. The second-order valence-electron chi connectivity index (χ2n) is 5.47. The maximum Gasteiger partial charge on any atom is 0.119 e. The maximum absolute atomic E-state index is 5.69. The molecule has 0 fully saturated rings. The molecule has 20 heavy (non-hydrogen) atoms. The predicted molar refractivity (Wildman–Crippen MR) is 88.2 cm³/mol. The quantitative estimate of drug-likeness (QED) is 0.669. The Morgan fingerprint density at radius 3 is 2.70 bits per heavy atom. The molecule has 0 saturated carbocycles. The van der Waals surface area contributed by atoms with Crippen LogP contribution in [0.25, 0.3) is 6.08 Å². The molecule has 0 amide bonds. The summed E-state index contributed by atoms with van der Waals surface area (Å²) in [5.41, 5.74) is 2.66. The van der Waals surface area contributed by atoms with Gasteiger partial charge in [-0.3, -0.25) is 0 Å². The number of ether oxygens (including phenoxy) is 1. The molecular weight excluding hydrogens is 246 g/mol. The highest BCUT2D eigenvalue weighted by Crippen LogP contribution is 2.19. The lowest BCUT2D eigenvalue weighted by Crippen LogP contribution is -2.19. The van der Waals surface area contributed by atoms with Crippen LogP contribution in [0.15, 0.2) is 29.8 Å². The summed E-state index contributed by atoms with van der Waals surface area (Å²) in [7, 11) is 0. The van der Waals surface area contributed by atoms with Gasteiger partial charge in [-0.25, -0.2) is 0 Å². The second-order valence-corrected chi connectivity index (χ2v) is 5.47. The molecule has 0 spiro atoms. The highest BCUT2D eigenvalue weighted by atomic mass is 16.5. The van der Waals surface area contributed by atoms with Crippen molar-refractivity contribution < 1.29 is 4.74 Å². The van der Waals surface area contributed by atoms with Crippen molar-refractivity contribution in [3.63, 3.8) is 0 Å². The van der Waals surface area contributed by atoms with Gasteiger partial charge in [-0.2, -0.15) is 0 Å². The van der Waals surface area contributed by atoms with E-state index < -0.39 is 0 Å². The van der Waals surface area contributed by atoms with Gasteiger partial charge in [0.05, 0.1) is 6.61 Å². The average Bonchev–Trinajstić information content (AvgIpc) is 2.44. The molecule has 1 aromatic rings. The molecule has 1 aromatic carbocycles. The van der Waals surface area contributed by atoms with Gasteiger partial charge in [0.2, 0.25) is 0 Å². The van der Waals surface area contributed by atoms with Gasteiger partial charge >= 0.3 is 0 Å². The van der Waals surface area contributed by atoms with Gasteiger partial charge in [0.25, 0.3) is 0 Å². The molecule has 112 valence electrons. The summed E-state index contributed by atoms with van der Waals surface area (Å²) in [6.07, 6.45) is 4.50. The third-order valence-electron chi connectivity index (χ3n) is 3.18. The van der Waals surface area contributed by atoms with E-state index in [1.165, 1.54) is 17.6 Å². The molecule has 1 rings (SSSR count). The van der Waals surface area contributed by atoms with E-state index >= 15 is 0 Å². The fraction of sp³-hybridized carbons (Fsp3) is 0.556. The Morgan fingerprint density at radius 1 is 1.25 bits per heavy atom. The number of hydrogen-bond donors (Lipinski definition) is 1. The van der Waals surface area contributed by atoms with E-state index in [2.05, 4.69) is 57.3 Å². The monoisotopic (exact) mass is 275 g/mol. The normalized spacial score (nSPS) is 11.9. The molecule has 0 heterocycles. The summed E-state index contributed by atoms with van der Waals surface area (Å²) in [6.45, 7) is 11.6. The van der Waals surface area contributed by atoms with Crippen LogP contribution in [0.1, 0.15) is 46.1 Å². The smallest absolute Gasteiger partial charge is 0.119 e. The fourth-order valence-electron chi connectivity index (χ4n) is 1.96. The predicted octanol–water partition coefficient (Wildman–Crippen LogP) is 4.51. The first-order valence-electron chi connectivity index (χ1n) is 7.81. The number of benzene rings is 1. The van der Waals surface area contributed by atoms with Crippen molar-refractivity contribution in [1.82, 2.24) is 5.32 Å². The number of hydrogen-bond acceptors (Lipinski definition) is 2. The molecule has 2 nitrogen and oxygen atoms in total. The van der Waals surface area contributed by atoms with Gasteiger partial charge in [0.15, 0.2) is 0 Å². The summed E-state index contributed by atoms with van der Waals surface area (Å²) >= 11 is 0. The first-order chi connectivity index (χ1) is 9.67. The van der Waals surface area contributed by atoms with Crippen molar-refractivity contribution >= 4 is 6.08 Å². The molecule has 0 radical (unpaired) electrons. The van der Waals surface area contributed by atoms with Gasteiger partial charge in [-0.05, 0) is 43.0 Å². The summed E-state index contributed by atoms with van der Waals surface area (Å²) in [4.78, 5) is 0. The SMILES string of the molecule is CCCNCC(=Cc1cccc(OCCC)c1)C(C)C. The number of nitrogens with one attached hydrogen (secondary N) is 1. The molecule has 0 saturated heterocycles. The zero-order chi connectivity index (χ0) is 14.8. The van der Waals surface area contributed by atoms with Gasteiger partial charge in [0, 0.05) is 6.54 Å². The van der Waals surface area contributed by atoms with Crippen LogP contribution in [-0.4, -0.2) is 19.7 Å². The zero-order valence-electron chi connectivity index (χ0n) is 13.4. The minimum atomic E-state index is 0.555. The molecule has 1 N–H and O–H groups in total. The lowest BCUT2D eigenvalue weighted by molar-refractivity contribution is 0.317. The van der Waals surface area contributed by atoms with Crippen LogP contribution < -0.4 is 10.1 Å². The molecule has 0 aliphatic carbocycles. The Kier molecular flexibility index (Phi) is 8.05. The van der Waals surface area contributed by atoms with Crippen molar-refractivity contribution in [2.24, 2.45) is 5.92 Å². The van der Waals surface area contributed by atoms with E-state index in [1.807, 2.05) is 6.07 Å². The maximum atomic E-state index is 5.69. The molecule has 0 aliphatic heterocycles. The van der Waals surface area contributed by atoms with Crippen molar-refractivity contribution in [1.29, 1.82) is 0 Å². The molecule has 0 aromatic heterocycles. The minimum Gasteiger partial charge on any atom is -0.494 e. The summed E-state index contributed by atoms with van der Waals surface area (Å²) in [5, 5.41) is 3.49. The van der Waals surface area contributed by atoms with Crippen LogP contribution >= 0.6 is 0 Å². The van der Waals surface area contributed by atoms with Crippen molar-refractivity contribution in [3.8, 4) is 5.75 Å². The van der Waals surface area contributed by atoms with Crippen LogP contribution in [0.5, 0.6) is 5.75 Å². The largest absolute Gasteiger partial charge is 0.494 e. The van der Waals surface area contributed by atoms with E-state index in [0.29, 0.717) is 5.92 Å². The van der Waals surface area contributed by atoms with Gasteiger partial charge < -0.3 is 10.1 Å². The van der Waals surface area contributed by atoms with Crippen molar-refractivity contribution in [2.45, 2.75) is 40.5 Å². The van der Waals surface area contributed by atoms with Gasteiger partial charge in [-0.1, -0.05) is 51.5 Å². The third-order valence-corrected chi connectivity index (χ3v) is 3.18. The van der Waals surface area contributed by atoms with Gasteiger partial charge in [0.1, 0.15) is 5.75 Å². The lowest BCUT2D eigenvalue weighted by atomic mass is 10.00. The summed E-state index contributed by atoms with van der Waals surface area (Å²) in [5.74, 6) is 1.52. The highest BCUT2D eigenvalue weighted by Gasteiger charge is 2.04. The van der Waals surface area contributed by atoms with Crippen molar-refractivity contribution in [3.05, 3.63) is 35.4 Å². The standard InChI is InChI=1S/C18H29NO/c1-5-10-19-14-17(15(3)4)12-16-8-7-9-18(13-16)20-11-6-2/h7-9,12-13,15,19H,5-6,10-11,14H2,1-4H3. The molecule has 0 bridgehead atoms. The van der Waals surface area contributed by atoms with E-state index in [0.717, 1.165) is 31.9 Å².